The van der Waals surface area contributed by atoms with Gasteiger partial charge in [-0.05, 0) is 24.6 Å². The van der Waals surface area contributed by atoms with Crippen molar-refractivity contribution >= 4 is 17.9 Å². The molecule has 0 bridgehead atoms. The van der Waals surface area contributed by atoms with Gasteiger partial charge in [-0.2, -0.15) is 0 Å². The second-order valence-corrected chi connectivity index (χ2v) is 6.16. The summed E-state index contributed by atoms with van der Waals surface area (Å²) in [6, 6.07) is 0. The third-order valence-corrected chi connectivity index (χ3v) is 3.74. The summed E-state index contributed by atoms with van der Waals surface area (Å²) in [4.78, 5) is 35.2. The van der Waals surface area contributed by atoms with Gasteiger partial charge in [0.25, 0.3) is 5.79 Å². The van der Waals surface area contributed by atoms with Crippen LogP contribution in [0.2, 0.25) is 0 Å². The Labute approximate surface area is 138 Å². The smallest absolute Gasteiger partial charge is 0.350 e. The number of hydrogen-bond acceptors (Lipinski definition) is 7. The Balaban J connectivity index is 1.76. The van der Waals surface area contributed by atoms with E-state index in [2.05, 4.69) is 5.32 Å². The molecule has 0 aromatic carbocycles. The molecule has 1 N–H and O–H groups in total. The minimum absolute atomic E-state index is 0.234. The third-order valence-electron chi connectivity index (χ3n) is 3.74. The Morgan fingerprint density at radius 1 is 1.17 bits per heavy atom. The highest BCUT2D eigenvalue weighted by atomic mass is 16.7. The number of esters is 3. The molecule has 0 radical (unpaired) electrons. The van der Waals surface area contributed by atoms with Crippen LogP contribution in [0.5, 0.6) is 0 Å². The van der Waals surface area contributed by atoms with Crippen LogP contribution in [0.1, 0.15) is 27.2 Å². The van der Waals surface area contributed by atoms with Crippen LogP contribution in [0, 0.1) is 0 Å². The third kappa shape index (κ3) is 3.10. The molecule has 3 aliphatic rings. The zero-order valence-corrected chi connectivity index (χ0v) is 13.5. The van der Waals surface area contributed by atoms with E-state index in [9.17, 15) is 14.4 Å². The number of ether oxygens (including phenoxy) is 3. The Bertz CT molecular complexity index is 731. The lowest BCUT2D eigenvalue weighted by atomic mass is 9.94. The van der Waals surface area contributed by atoms with Crippen molar-refractivity contribution in [2.45, 2.75) is 39.1 Å². The maximum absolute atomic E-state index is 11.9. The second kappa shape index (κ2) is 5.67. The molecule has 1 aliphatic carbocycles. The molecule has 126 valence electrons. The Morgan fingerprint density at radius 3 is 2.50 bits per heavy atom. The first kappa shape index (κ1) is 16.0. The van der Waals surface area contributed by atoms with Gasteiger partial charge in [0.15, 0.2) is 5.57 Å². The quantitative estimate of drug-likeness (QED) is 0.464. The lowest BCUT2D eigenvalue weighted by Gasteiger charge is -2.30. The van der Waals surface area contributed by atoms with E-state index < -0.39 is 23.8 Å². The van der Waals surface area contributed by atoms with E-state index in [0.29, 0.717) is 5.70 Å². The minimum atomic E-state index is -1.27. The van der Waals surface area contributed by atoms with Crippen LogP contribution in [-0.4, -0.2) is 29.8 Å². The number of rotatable bonds is 2. The van der Waals surface area contributed by atoms with E-state index >= 15 is 0 Å². The minimum Gasteiger partial charge on any atom is -0.453 e. The van der Waals surface area contributed by atoms with Crippen molar-refractivity contribution in [3.8, 4) is 0 Å². The van der Waals surface area contributed by atoms with Gasteiger partial charge in [-0.25, -0.2) is 9.59 Å². The fourth-order valence-electron chi connectivity index (χ4n) is 2.60. The van der Waals surface area contributed by atoms with Crippen molar-refractivity contribution in [1.82, 2.24) is 5.32 Å². The van der Waals surface area contributed by atoms with Crippen molar-refractivity contribution in [2.75, 3.05) is 0 Å². The van der Waals surface area contributed by atoms with Crippen LogP contribution in [0.4, 0.5) is 0 Å². The average Bonchev–Trinajstić information content (AvgIpc) is 2.44. The summed E-state index contributed by atoms with van der Waals surface area (Å²) in [6.45, 7) is 4.84. The summed E-state index contributed by atoms with van der Waals surface area (Å²) in [6.07, 6.45) is 6.35. The van der Waals surface area contributed by atoms with Gasteiger partial charge in [0.1, 0.15) is 6.10 Å². The molecule has 1 saturated heterocycles. The lowest BCUT2D eigenvalue weighted by molar-refractivity contribution is -0.222. The molecule has 7 nitrogen and oxygen atoms in total. The Kier molecular flexibility index (Phi) is 3.79. The molecule has 24 heavy (non-hydrogen) atoms. The predicted octanol–water partition coefficient (Wildman–Crippen LogP) is 1.38. The first-order chi connectivity index (χ1) is 11.2. The molecule has 0 amide bonds. The van der Waals surface area contributed by atoms with Crippen LogP contribution in [0.15, 0.2) is 46.8 Å². The van der Waals surface area contributed by atoms with Gasteiger partial charge in [0.05, 0.1) is 6.42 Å². The van der Waals surface area contributed by atoms with Gasteiger partial charge in [-0.1, -0.05) is 11.6 Å². The maximum Gasteiger partial charge on any atom is 0.350 e. The standard InChI is InChI=1S/C17H17NO6/c1-9-6-14(19)22-13-7-10(4-5-11(9)13)18-8-12-15(20)23-17(2,3)24-16(12)21/h4-5,7-8,13,18H,6H2,1-3H3. The molecule has 0 spiro atoms. The van der Waals surface area contributed by atoms with E-state index in [4.69, 9.17) is 14.2 Å². The fraction of sp³-hybridized carbons (Fsp3) is 0.353. The molecule has 2 aliphatic heterocycles. The van der Waals surface area contributed by atoms with Crippen LogP contribution in [-0.2, 0) is 28.6 Å². The molecule has 3 rings (SSSR count). The number of carbonyl (C=O) groups excluding carboxylic acids is 3. The normalized spacial score (nSPS) is 25.3. The Hall–Kier alpha value is -2.83. The SMILES string of the molecule is CC1=C2C=CC(NC=C3C(=O)OC(C)(C)OC3=O)=CC2OC(=O)C1. The molecule has 1 unspecified atom stereocenters. The van der Waals surface area contributed by atoms with Gasteiger partial charge in [0.2, 0.25) is 0 Å². The first-order valence-electron chi connectivity index (χ1n) is 7.47. The van der Waals surface area contributed by atoms with Gasteiger partial charge in [-0.15, -0.1) is 0 Å². The summed E-state index contributed by atoms with van der Waals surface area (Å²) >= 11 is 0. The maximum atomic E-state index is 11.9. The van der Waals surface area contributed by atoms with Crippen molar-refractivity contribution in [1.29, 1.82) is 0 Å². The van der Waals surface area contributed by atoms with E-state index in [1.165, 1.54) is 20.0 Å². The van der Waals surface area contributed by atoms with Gasteiger partial charge in [0, 0.05) is 25.7 Å². The van der Waals surface area contributed by atoms with Crippen molar-refractivity contribution < 1.29 is 28.6 Å². The summed E-state index contributed by atoms with van der Waals surface area (Å²) in [5.41, 5.74) is 2.25. The van der Waals surface area contributed by atoms with E-state index in [1.54, 1.807) is 12.2 Å². The predicted molar refractivity (Wildman–Crippen MR) is 81.9 cm³/mol. The number of nitrogens with one attached hydrogen (secondary N) is 1. The Morgan fingerprint density at radius 2 is 1.83 bits per heavy atom. The van der Waals surface area contributed by atoms with Crippen molar-refractivity contribution in [3.05, 3.63) is 46.8 Å². The molecule has 2 heterocycles. The van der Waals surface area contributed by atoms with E-state index in [-0.39, 0.29) is 18.0 Å². The first-order valence-corrected chi connectivity index (χ1v) is 7.47. The van der Waals surface area contributed by atoms with E-state index in [1.807, 2.05) is 13.0 Å². The summed E-state index contributed by atoms with van der Waals surface area (Å²) < 4.78 is 15.3. The van der Waals surface area contributed by atoms with Crippen LogP contribution in [0.3, 0.4) is 0 Å². The highest BCUT2D eigenvalue weighted by molar-refractivity contribution is 6.15. The molecule has 0 saturated carbocycles. The summed E-state index contributed by atoms with van der Waals surface area (Å²) in [7, 11) is 0. The van der Waals surface area contributed by atoms with Crippen molar-refractivity contribution in [2.24, 2.45) is 0 Å². The molecule has 7 heteroatoms. The zero-order valence-electron chi connectivity index (χ0n) is 13.5. The topological polar surface area (TPSA) is 90.9 Å². The molecule has 1 fully saturated rings. The molecule has 0 aromatic rings. The van der Waals surface area contributed by atoms with E-state index in [0.717, 1.165) is 11.1 Å². The number of cyclic esters (lactones) is 2. The number of hydrogen-bond donors (Lipinski definition) is 1. The van der Waals surface area contributed by atoms with Gasteiger partial charge >= 0.3 is 17.9 Å². The summed E-state index contributed by atoms with van der Waals surface area (Å²) in [5, 5.41) is 2.84. The van der Waals surface area contributed by atoms with Crippen LogP contribution in [0.25, 0.3) is 0 Å². The average molecular weight is 331 g/mol. The van der Waals surface area contributed by atoms with Crippen LogP contribution < -0.4 is 5.32 Å². The molecule has 0 aromatic heterocycles. The largest absolute Gasteiger partial charge is 0.453 e. The number of carbonyl (C=O) groups is 3. The molecule has 1 atom stereocenters. The second-order valence-electron chi connectivity index (χ2n) is 6.16. The highest BCUT2D eigenvalue weighted by Crippen LogP contribution is 2.28. The highest BCUT2D eigenvalue weighted by Gasteiger charge is 2.39. The fourth-order valence-corrected chi connectivity index (χ4v) is 2.60. The van der Waals surface area contributed by atoms with Gasteiger partial charge in [-0.3, -0.25) is 4.79 Å². The number of allylic oxidation sites excluding steroid dienone is 1. The molecular formula is C17H17NO6. The van der Waals surface area contributed by atoms with Crippen LogP contribution >= 0.6 is 0 Å². The monoisotopic (exact) mass is 331 g/mol. The summed E-state index contributed by atoms with van der Waals surface area (Å²) in [5.74, 6) is -3.08. The zero-order chi connectivity index (χ0) is 17.5. The molecular weight excluding hydrogens is 314 g/mol. The lowest BCUT2D eigenvalue weighted by Crippen LogP contribution is -2.42. The van der Waals surface area contributed by atoms with Crippen molar-refractivity contribution in [3.63, 3.8) is 0 Å². The number of fused-ring (bicyclic) bond motifs is 1. The van der Waals surface area contributed by atoms with Gasteiger partial charge < -0.3 is 19.5 Å².